The lowest BCUT2D eigenvalue weighted by atomic mass is 10.1. The molecule has 2 rings (SSSR count). The molecule has 0 aliphatic carbocycles. The van der Waals surface area contributed by atoms with Crippen LogP contribution >= 0.6 is 23.2 Å². The summed E-state index contributed by atoms with van der Waals surface area (Å²) in [5.41, 5.74) is 0.306. The predicted molar refractivity (Wildman–Crippen MR) is 79.6 cm³/mol. The Hall–Kier alpha value is -1.59. The van der Waals surface area contributed by atoms with Crippen molar-refractivity contribution in [3.63, 3.8) is 0 Å². The van der Waals surface area contributed by atoms with E-state index in [1.807, 2.05) is 13.8 Å². The van der Waals surface area contributed by atoms with Crippen LogP contribution in [-0.4, -0.2) is 20.9 Å². The number of hydrogen-bond donors (Lipinski definition) is 1. The first-order valence-electron chi connectivity index (χ1n) is 6.32. The number of aromatic carboxylic acids is 1. The molecule has 1 heterocycles. The van der Waals surface area contributed by atoms with Crippen LogP contribution < -0.4 is 0 Å². The minimum atomic E-state index is -1.15. The molecule has 4 nitrogen and oxygen atoms in total. The van der Waals surface area contributed by atoms with Gasteiger partial charge in [0.25, 0.3) is 0 Å². The van der Waals surface area contributed by atoms with Crippen molar-refractivity contribution in [2.24, 2.45) is 0 Å². The van der Waals surface area contributed by atoms with Gasteiger partial charge >= 0.3 is 5.97 Å². The fourth-order valence-electron chi connectivity index (χ4n) is 1.86. The first kappa shape index (κ1) is 15.8. The number of rotatable bonds is 4. The highest BCUT2D eigenvalue weighted by Gasteiger charge is 2.21. The van der Waals surface area contributed by atoms with E-state index >= 15 is 0 Å². The second-order valence-corrected chi connectivity index (χ2v) is 5.49. The molecule has 1 atom stereocenters. The molecule has 7 heteroatoms. The summed E-state index contributed by atoms with van der Waals surface area (Å²) in [7, 11) is 0. The predicted octanol–water partition coefficient (Wildman–Crippen LogP) is 4.67. The molecular weight excluding hydrogens is 318 g/mol. The van der Waals surface area contributed by atoms with Gasteiger partial charge in [-0.2, -0.15) is 5.10 Å². The van der Waals surface area contributed by atoms with Crippen molar-refractivity contribution in [2.45, 2.75) is 26.3 Å². The van der Waals surface area contributed by atoms with E-state index < -0.39 is 11.8 Å². The Bertz CT molecular complexity index is 701. The molecule has 1 unspecified atom stereocenters. The topological polar surface area (TPSA) is 55.1 Å². The number of carboxylic acids is 1. The van der Waals surface area contributed by atoms with Crippen LogP contribution in [0.4, 0.5) is 4.39 Å². The maximum Gasteiger partial charge on any atom is 0.339 e. The molecule has 21 heavy (non-hydrogen) atoms. The molecule has 0 spiro atoms. The average Bonchev–Trinajstić information content (AvgIpc) is 2.87. The van der Waals surface area contributed by atoms with Gasteiger partial charge in [-0.15, -0.1) is 0 Å². The number of nitrogens with zero attached hydrogens (tertiary/aromatic N) is 2. The van der Waals surface area contributed by atoms with E-state index in [4.69, 9.17) is 23.2 Å². The molecular formula is C14H13Cl2FN2O2. The maximum absolute atomic E-state index is 13.6. The molecule has 1 aromatic carbocycles. The number of benzene rings is 1. The van der Waals surface area contributed by atoms with E-state index in [0.717, 1.165) is 12.5 Å². The van der Waals surface area contributed by atoms with Gasteiger partial charge < -0.3 is 5.11 Å². The molecule has 0 aliphatic heterocycles. The summed E-state index contributed by atoms with van der Waals surface area (Å²) in [5, 5.41) is 13.6. The van der Waals surface area contributed by atoms with Gasteiger partial charge in [0, 0.05) is 17.8 Å². The highest BCUT2D eigenvalue weighted by molar-refractivity contribution is 6.36. The quantitative estimate of drug-likeness (QED) is 0.829. The molecule has 1 aromatic heterocycles. The van der Waals surface area contributed by atoms with Crippen LogP contribution in [0, 0.1) is 5.82 Å². The maximum atomic E-state index is 13.6. The largest absolute Gasteiger partial charge is 0.478 e. The number of aromatic nitrogens is 2. The van der Waals surface area contributed by atoms with Crippen molar-refractivity contribution in [1.82, 2.24) is 9.78 Å². The lowest BCUT2D eigenvalue weighted by Crippen LogP contribution is -2.04. The SMILES string of the molecule is CCC(C)n1cc(C(=O)O)c(-c2cc(F)c(Cl)cc2Cl)n1. The Morgan fingerprint density at radius 3 is 2.67 bits per heavy atom. The van der Waals surface area contributed by atoms with E-state index in [2.05, 4.69) is 5.10 Å². The van der Waals surface area contributed by atoms with Gasteiger partial charge in [0.15, 0.2) is 0 Å². The minimum absolute atomic E-state index is 0.0211. The Morgan fingerprint density at radius 2 is 2.10 bits per heavy atom. The highest BCUT2D eigenvalue weighted by Crippen LogP contribution is 2.34. The fraction of sp³-hybridized carbons (Fsp3) is 0.286. The Balaban J connectivity index is 2.65. The first-order valence-corrected chi connectivity index (χ1v) is 7.08. The zero-order valence-electron chi connectivity index (χ0n) is 11.4. The Morgan fingerprint density at radius 1 is 1.43 bits per heavy atom. The lowest BCUT2D eigenvalue weighted by Gasteiger charge is -2.08. The number of halogens is 3. The minimum Gasteiger partial charge on any atom is -0.478 e. The highest BCUT2D eigenvalue weighted by atomic mass is 35.5. The first-order chi connectivity index (χ1) is 9.85. The van der Waals surface area contributed by atoms with Crippen LogP contribution in [0.1, 0.15) is 36.7 Å². The molecule has 2 aromatic rings. The van der Waals surface area contributed by atoms with E-state index in [1.54, 1.807) is 4.68 Å². The summed E-state index contributed by atoms with van der Waals surface area (Å²) in [6.07, 6.45) is 2.21. The average molecular weight is 331 g/mol. The Labute approximate surface area is 131 Å². The third-order valence-corrected chi connectivity index (χ3v) is 3.87. The van der Waals surface area contributed by atoms with Crippen LogP contribution in [0.2, 0.25) is 10.0 Å². The third kappa shape index (κ3) is 3.04. The monoisotopic (exact) mass is 330 g/mol. The van der Waals surface area contributed by atoms with E-state index in [1.165, 1.54) is 12.3 Å². The van der Waals surface area contributed by atoms with Crippen molar-refractivity contribution in [3.05, 3.63) is 39.8 Å². The molecule has 0 radical (unpaired) electrons. The zero-order valence-corrected chi connectivity index (χ0v) is 12.9. The van der Waals surface area contributed by atoms with Gasteiger partial charge in [0.05, 0.1) is 10.0 Å². The summed E-state index contributed by atoms with van der Waals surface area (Å²) >= 11 is 11.7. The van der Waals surface area contributed by atoms with Crippen molar-refractivity contribution in [3.8, 4) is 11.3 Å². The van der Waals surface area contributed by atoms with Crippen LogP contribution in [-0.2, 0) is 0 Å². The summed E-state index contributed by atoms with van der Waals surface area (Å²) in [5.74, 6) is -1.82. The van der Waals surface area contributed by atoms with Crippen molar-refractivity contribution >= 4 is 29.2 Å². The molecule has 0 fully saturated rings. The van der Waals surface area contributed by atoms with Crippen LogP contribution in [0.3, 0.4) is 0 Å². The summed E-state index contributed by atoms with van der Waals surface area (Å²) in [4.78, 5) is 11.4. The summed E-state index contributed by atoms with van der Waals surface area (Å²) in [6, 6.07) is 2.36. The van der Waals surface area contributed by atoms with Crippen LogP contribution in [0.5, 0.6) is 0 Å². The summed E-state index contributed by atoms with van der Waals surface area (Å²) < 4.78 is 15.2. The van der Waals surface area contributed by atoms with Gasteiger partial charge in [-0.3, -0.25) is 4.68 Å². The second kappa shape index (κ2) is 6.03. The number of hydrogen-bond acceptors (Lipinski definition) is 2. The lowest BCUT2D eigenvalue weighted by molar-refractivity contribution is 0.0697. The van der Waals surface area contributed by atoms with Crippen LogP contribution in [0.25, 0.3) is 11.3 Å². The molecule has 1 N–H and O–H groups in total. The standard InChI is InChI=1S/C14H13Cl2FN2O2/c1-3-7(2)19-6-9(14(20)21)13(18-19)8-4-12(17)11(16)5-10(8)15/h4-7H,3H2,1-2H3,(H,20,21). The Kier molecular flexibility index (Phi) is 4.54. The molecule has 112 valence electrons. The van der Waals surface area contributed by atoms with Gasteiger partial charge in [0.1, 0.15) is 17.1 Å². The molecule has 0 aliphatic rings. The smallest absolute Gasteiger partial charge is 0.339 e. The van der Waals surface area contributed by atoms with Gasteiger partial charge in [0.2, 0.25) is 0 Å². The zero-order chi connectivity index (χ0) is 15.7. The number of carboxylic acid groups (broad SMARTS) is 1. The second-order valence-electron chi connectivity index (χ2n) is 4.68. The third-order valence-electron chi connectivity index (χ3n) is 3.27. The summed E-state index contributed by atoms with van der Waals surface area (Å²) in [6.45, 7) is 3.87. The molecule has 0 saturated carbocycles. The van der Waals surface area contributed by atoms with Gasteiger partial charge in [-0.05, 0) is 25.5 Å². The van der Waals surface area contributed by atoms with Crippen LogP contribution in [0.15, 0.2) is 18.3 Å². The fourth-order valence-corrected chi connectivity index (χ4v) is 2.34. The normalized spacial score (nSPS) is 12.4. The number of carbonyl (C=O) groups is 1. The molecule has 0 amide bonds. The molecule has 0 bridgehead atoms. The van der Waals surface area contributed by atoms with E-state index in [-0.39, 0.29) is 32.9 Å². The van der Waals surface area contributed by atoms with E-state index in [0.29, 0.717) is 0 Å². The molecule has 0 saturated heterocycles. The van der Waals surface area contributed by atoms with Crippen molar-refractivity contribution in [2.75, 3.05) is 0 Å². The van der Waals surface area contributed by atoms with Crippen molar-refractivity contribution in [1.29, 1.82) is 0 Å². The van der Waals surface area contributed by atoms with Gasteiger partial charge in [-0.25, -0.2) is 9.18 Å². The van der Waals surface area contributed by atoms with Gasteiger partial charge in [-0.1, -0.05) is 30.1 Å². The van der Waals surface area contributed by atoms with E-state index in [9.17, 15) is 14.3 Å². The van der Waals surface area contributed by atoms with Crippen molar-refractivity contribution < 1.29 is 14.3 Å².